The second-order valence-corrected chi connectivity index (χ2v) is 4.46. The molecule has 1 aromatic carbocycles. The lowest BCUT2D eigenvalue weighted by Crippen LogP contribution is -2.51. The Morgan fingerprint density at radius 1 is 1.09 bits per heavy atom. The fourth-order valence-electron chi connectivity index (χ4n) is 1.89. The van der Waals surface area contributed by atoms with E-state index >= 15 is 0 Å². The third-order valence-electron chi connectivity index (χ3n) is 2.99. The van der Waals surface area contributed by atoms with Crippen molar-refractivity contribution in [2.45, 2.75) is 6.92 Å². The molecule has 1 heterocycles. The first-order valence-corrected chi connectivity index (χ1v) is 6.62. The minimum absolute atomic E-state index is 0.141. The standard InChI is InChI=1S/C15H15N3O4/c1-2-18(10-5-7-11(19)8-6-10)9-3-4-12-13(20)16-15(22)17-14(12)21/h3-9,19H,2H2,1H3,(H2,16,17,20,21,22)/b9-3+. The molecule has 2 rings (SSSR count). The van der Waals surface area contributed by atoms with E-state index < -0.39 is 17.8 Å². The summed E-state index contributed by atoms with van der Waals surface area (Å²) in [4.78, 5) is 35.9. The summed E-state index contributed by atoms with van der Waals surface area (Å²) < 4.78 is 0. The van der Waals surface area contributed by atoms with Crippen LogP contribution < -0.4 is 15.5 Å². The summed E-state index contributed by atoms with van der Waals surface area (Å²) in [6, 6.07) is 5.80. The molecule has 0 unspecified atom stereocenters. The zero-order valence-electron chi connectivity index (χ0n) is 11.9. The van der Waals surface area contributed by atoms with Gasteiger partial charge < -0.3 is 10.0 Å². The van der Waals surface area contributed by atoms with Crippen molar-refractivity contribution >= 4 is 23.5 Å². The fourth-order valence-corrected chi connectivity index (χ4v) is 1.89. The lowest BCUT2D eigenvalue weighted by Gasteiger charge is -2.18. The van der Waals surface area contributed by atoms with Gasteiger partial charge in [0.2, 0.25) is 0 Å². The third kappa shape index (κ3) is 3.51. The second-order valence-electron chi connectivity index (χ2n) is 4.46. The maximum atomic E-state index is 11.5. The maximum absolute atomic E-state index is 11.5. The van der Waals surface area contributed by atoms with Crippen LogP contribution in [-0.2, 0) is 9.59 Å². The average molecular weight is 301 g/mol. The Bertz CT molecular complexity index is 640. The van der Waals surface area contributed by atoms with E-state index in [0.29, 0.717) is 6.54 Å². The smallest absolute Gasteiger partial charge is 0.328 e. The largest absolute Gasteiger partial charge is 0.508 e. The van der Waals surface area contributed by atoms with Gasteiger partial charge in [0.1, 0.15) is 11.3 Å². The first-order chi connectivity index (χ1) is 10.5. The van der Waals surface area contributed by atoms with Gasteiger partial charge in [-0.25, -0.2) is 4.79 Å². The number of amides is 4. The number of hydrogen-bond donors (Lipinski definition) is 3. The zero-order chi connectivity index (χ0) is 16.1. The van der Waals surface area contributed by atoms with Crippen molar-refractivity contribution in [3.63, 3.8) is 0 Å². The van der Waals surface area contributed by atoms with Crippen LogP contribution in [0.4, 0.5) is 10.5 Å². The molecule has 0 spiro atoms. The number of phenolic OH excluding ortho intramolecular Hbond substituents is 1. The van der Waals surface area contributed by atoms with Crippen LogP contribution in [0.15, 0.2) is 48.2 Å². The number of phenols is 1. The minimum atomic E-state index is -0.824. The number of anilines is 1. The Morgan fingerprint density at radius 3 is 2.23 bits per heavy atom. The minimum Gasteiger partial charge on any atom is -0.508 e. The summed E-state index contributed by atoms with van der Waals surface area (Å²) in [5.41, 5.74) is 0.709. The number of imide groups is 2. The van der Waals surface area contributed by atoms with Crippen LogP contribution in [0.5, 0.6) is 5.75 Å². The van der Waals surface area contributed by atoms with Crippen molar-refractivity contribution in [1.82, 2.24) is 10.6 Å². The highest BCUT2D eigenvalue weighted by Crippen LogP contribution is 2.18. The summed E-state index contributed by atoms with van der Waals surface area (Å²) in [5.74, 6) is -1.29. The van der Waals surface area contributed by atoms with Crippen LogP contribution >= 0.6 is 0 Å². The van der Waals surface area contributed by atoms with E-state index in [1.807, 2.05) is 22.5 Å². The highest BCUT2D eigenvalue weighted by atomic mass is 16.3. The van der Waals surface area contributed by atoms with Crippen LogP contribution in [0.2, 0.25) is 0 Å². The quantitative estimate of drug-likeness (QED) is 0.570. The van der Waals surface area contributed by atoms with E-state index in [-0.39, 0.29) is 11.3 Å². The summed E-state index contributed by atoms with van der Waals surface area (Å²) in [7, 11) is 0. The topological polar surface area (TPSA) is 98.7 Å². The van der Waals surface area contributed by atoms with Crippen molar-refractivity contribution in [1.29, 1.82) is 0 Å². The van der Waals surface area contributed by atoms with Gasteiger partial charge in [-0.2, -0.15) is 0 Å². The first kappa shape index (κ1) is 15.3. The Hall–Kier alpha value is -3.09. The van der Waals surface area contributed by atoms with Gasteiger partial charge in [0.15, 0.2) is 0 Å². The monoisotopic (exact) mass is 301 g/mol. The van der Waals surface area contributed by atoms with Crippen molar-refractivity contribution in [2.75, 3.05) is 11.4 Å². The van der Waals surface area contributed by atoms with Gasteiger partial charge in [-0.05, 0) is 43.3 Å². The molecule has 7 nitrogen and oxygen atoms in total. The van der Waals surface area contributed by atoms with Crippen molar-refractivity contribution < 1.29 is 19.5 Å². The molecule has 22 heavy (non-hydrogen) atoms. The molecule has 0 aliphatic carbocycles. The first-order valence-electron chi connectivity index (χ1n) is 6.62. The van der Waals surface area contributed by atoms with Gasteiger partial charge in [0.05, 0.1) is 0 Å². The fraction of sp³-hybridized carbons (Fsp3) is 0.133. The molecule has 1 saturated heterocycles. The zero-order valence-corrected chi connectivity index (χ0v) is 11.9. The van der Waals surface area contributed by atoms with E-state index in [1.165, 1.54) is 6.08 Å². The lowest BCUT2D eigenvalue weighted by molar-refractivity contribution is -0.124. The van der Waals surface area contributed by atoms with Gasteiger partial charge in [-0.15, -0.1) is 0 Å². The molecule has 0 aromatic heterocycles. The highest BCUT2D eigenvalue weighted by Gasteiger charge is 2.26. The predicted octanol–water partition coefficient (Wildman–Crippen LogP) is 1.02. The molecule has 1 aliphatic rings. The molecule has 4 amide bonds. The number of nitrogens with one attached hydrogen (secondary N) is 2. The number of urea groups is 1. The molecule has 1 fully saturated rings. The number of nitrogens with zero attached hydrogens (tertiary/aromatic N) is 1. The number of barbiturate groups is 1. The van der Waals surface area contributed by atoms with E-state index in [2.05, 4.69) is 0 Å². The number of benzene rings is 1. The van der Waals surface area contributed by atoms with E-state index in [1.54, 1.807) is 36.5 Å². The van der Waals surface area contributed by atoms with Crippen LogP contribution in [0.25, 0.3) is 0 Å². The molecule has 7 heteroatoms. The molecule has 1 aliphatic heterocycles. The SMILES string of the molecule is CCN(/C=C/C=C1C(=O)NC(=O)NC1=O)c1ccc(O)cc1. The van der Waals surface area contributed by atoms with Gasteiger partial charge in [-0.1, -0.05) is 0 Å². The van der Waals surface area contributed by atoms with Gasteiger partial charge in [-0.3, -0.25) is 20.2 Å². The predicted molar refractivity (Wildman–Crippen MR) is 80.0 cm³/mol. The molecule has 0 atom stereocenters. The number of hydrogen-bond acceptors (Lipinski definition) is 5. The van der Waals surface area contributed by atoms with Gasteiger partial charge >= 0.3 is 6.03 Å². The molecule has 0 radical (unpaired) electrons. The summed E-state index contributed by atoms with van der Waals surface area (Å²) in [6.07, 6.45) is 4.57. The maximum Gasteiger partial charge on any atom is 0.328 e. The molecular formula is C15H15N3O4. The number of rotatable bonds is 4. The van der Waals surface area contributed by atoms with E-state index in [9.17, 15) is 19.5 Å². The lowest BCUT2D eigenvalue weighted by atomic mass is 10.2. The Balaban J connectivity index is 2.14. The average Bonchev–Trinajstić information content (AvgIpc) is 2.47. The van der Waals surface area contributed by atoms with E-state index in [0.717, 1.165) is 5.69 Å². The normalized spacial score (nSPS) is 14.8. The summed E-state index contributed by atoms with van der Waals surface area (Å²) >= 11 is 0. The highest BCUT2D eigenvalue weighted by molar-refractivity contribution is 6.29. The molecular weight excluding hydrogens is 286 g/mol. The Kier molecular flexibility index (Phi) is 4.57. The molecule has 3 N–H and O–H groups in total. The Labute approximate surface area is 126 Å². The summed E-state index contributed by atoms with van der Waals surface area (Å²) in [6.45, 7) is 2.59. The Morgan fingerprint density at radius 2 is 1.68 bits per heavy atom. The molecule has 114 valence electrons. The molecule has 0 bridgehead atoms. The van der Waals surface area contributed by atoms with Gasteiger partial charge in [0.25, 0.3) is 11.8 Å². The van der Waals surface area contributed by atoms with Crippen LogP contribution in [0, 0.1) is 0 Å². The molecule has 1 aromatic rings. The number of allylic oxidation sites excluding steroid dienone is 2. The van der Waals surface area contributed by atoms with Crippen LogP contribution in [0.3, 0.4) is 0 Å². The summed E-state index contributed by atoms with van der Waals surface area (Å²) in [5, 5.41) is 13.3. The van der Waals surface area contributed by atoms with Crippen molar-refractivity contribution in [3.8, 4) is 5.75 Å². The van der Waals surface area contributed by atoms with Crippen LogP contribution in [0.1, 0.15) is 6.92 Å². The van der Waals surface area contributed by atoms with Crippen molar-refractivity contribution in [3.05, 3.63) is 48.2 Å². The van der Waals surface area contributed by atoms with E-state index in [4.69, 9.17) is 0 Å². The molecule has 0 saturated carbocycles. The van der Waals surface area contributed by atoms with Crippen molar-refractivity contribution in [2.24, 2.45) is 0 Å². The van der Waals surface area contributed by atoms with Gasteiger partial charge in [0, 0.05) is 18.4 Å². The second kappa shape index (κ2) is 6.57. The number of aromatic hydroxyl groups is 1. The third-order valence-corrected chi connectivity index (χ3v) is 2.99. The number of carbonyl (C=O) groups excluding carboxylic acids is 3. The van der Waals surface area contributed by atoms with Crippen LogP contribution in [-0.4, -0.2) is 29.5 Å². The number of carbonyl (C=O) groups is 3.